The van der Waals surface area contributed by atoms with Gasteiger partial charge in [-0.2, -0.15) is 0 Å². The molecule has 2 N–H and O–H groups in total. The molecular weight excluding hydrogens is 178 g/mol. The van der Waals surface area contributed by atoms with Gasteiger partial charge in [-0.15, -0.1) is 0 Å². The zero-order chi connectivity index (χ0) is 10.8. The maximum Gasteiger partial charge on any atom is 0.305 e. The van der Waals surface area contributed by atoms with Gasteiger partial charge in [0.2, 0.25) is 0 Å². The summed E-state index contributed by atoms with van der Waals surface area (Å²) >= 11 is 0. The first-order valence-corrected chi connectivity index (χ1v) is 5.40. The van der Waals surface area contributed by atoms with Crippen molar-refractivity contribution in [2.45, 2.75) is 52.0 Å². The Hall–Kier alpha value is -0.570. The molecule has 0 radical (unpaired) electrons. The second-order valence-electron chi connectivity index (χ2n) is 4.89. The van der Waals surface area contributed by atoms with Crippen LogP contribution in [0.25, 0.3) is 0 Å². The predicted octanol–water partition coefficient (Wildman–Crippen LogP) is 2.02. The normalized spacial score (nSPS) is 22.8. The maximum atomic E-state index is 10.8. The molecule has 1 atom stereocenters. The molecule has 0 aromatic heterocycles. The van der Waals surface area contributed by atoms with Crippen molar-refractivity contribution in [3.05, 3.63) is 0 Å². The van der Waals surface area contributed by atoms with Crippen LogP contribution in [0.1, 0.15) is 46.5 Å². The number of aliphatic carboxylic acids is 1. The van der Waals surface area contributed by atoms with E-state index in [1.165, 1.54) is 0 Å². The van der Waals surface area contributed by atoms with Gasteiger partial charge in [-0.25, -0.2) is 0 Å². The van der Waals surface area contributed by atoms with E-state index >= 15 is 0 Å². The molecule has 0 spiro atoms. The molecule has 1 aliphatic rings. The number of carboxylic acid groups (broad SMARTS) is 1. The van der Waals surface area contributed by atoms with Crippen molar-refractivity contribution in [2.75, 3.05) is 6.54 Å². The molecule has 0 saturated heterocycles. The van der Waals surface area contributed by atoms with E-state index in [2.05, 4.69) is 19.2 Å². The second-order valence-corrected chi connectivity index (χ2v) is 4.89. The Morgan fingerprint density at radius 1 is 1.57 bits per heavy atom. The molecule has 0 aliphatic heterocycles. The van der Waals surface area contributed by atoms with Crippen molar-refractivity contribution in [3.63, 3.8) is 0 Å². The summed E-state index contributed by atoms with van der Waals surface area (Å²) in [6.45, 7) is 7.23. The van der Waals surface area contributed by atoms with E-state index in [0.29, 0.717) is 0 Å². The Morgan fingerprint density at radius 3 is 2.50 bits per heavy atom. The average Bonchev–Trinajstić information content (AvgIpc) is 2.80. The van der Waals surface area contributed by atoms with Crippen molar-refractivity contribution >= 4 is 5.97 Å². The van der Waals surface area contributed by atoms with Gasteiger partial charge in [-0.1, -0.05) is 13.8 Å². The third kappa shape index (κ3) is 2.27. The van der Waals surface area contributed by atoms with Crippen LogP contribution in [0, 0.1) is 5.41 Å². The molecule has 0 bridgehead atoms. The first-order valence-electron chi connectivity index (χ1n) is 5.40. The molecule has 3 nitrogen and oxygen atoms in total. The molecule has 1 rings (SSSR count). The Labute approximate surface area is 85.9 Å². The molecule has 82 valence electrons. The average molecular weight is 199 g/mol. The topological polar surface area (TPSA) is 49.3 Å². The van der Waals surface area contributed by atoms with Gasteiger partial charge < -0.3 is 10.4 Å². The fourth-order valence-electron chi connectivity index (χ4n) is 1.93. The number of nitrogens with one attached hydrogen (secondary N) is 1. The molecule has 14 heavy (non-hydrogen) atoms. The minimum atomic E-state index is -0.704. The van der Waals surface area contributed by atoms with Gasteiger partial charge in [0.1, 0.15) is 0 Å². The largest absolute Gasteiger partial charge is 0.481 e. The lowest BCUT2D eigenvalue weighted by atomic mass is 9.81. The SMILES string of the molecule is CCCNC(C)(CC(=O)O)C1(C)CC1. The van der Waals surface area contributed by atoms with Crippen LogP contribution >= 0.6 is 0 Å². The highest BCUT2D eigenvalue weighted by Crippen LogP contribution is 2.54. The maximum absolute atomic E-state index is 10.8. The quantitative estimate of drug-likeness (QED) is 0.688. The van der Waals surface area contributed by atoms with Crippen LogP contribution in [0.15, 0.2) is 0 Å². The van der Waals surface area contributed by atoms with E-state index in [0.717, 1.165) is 25.8 Å². The van der Waals surface area contributed by atoms with E-state index in [4.69, 9.17) is 5.11 Å². The van der Waals surface area contributed by atoms with Crippen LogP contribution in [-0.2, 0) is 4.79 Å². The number of rotatable bonds is 6. The van der Waals surface area contributed by atoms with Crippen LogP contribution in [-0.4, -0.2) is 23.2 Å². The molecule has 0 aromatic rings. The lowest BCUT2D eigenvalue weighted by Gasteiger charge is -2.36. The fourth-order valence-corrected chi connectivity index (χ4v) is 1.93. The van der Waals surface area contributed by atoms with Crippen LogP contribution < -0.4 is 5.32 Å². The van der Waals surface area contributed by atoms with E-state index < -0.39 is 5.97 Å². The van der Waals surface area contributed by atoms with Gasteiger partial charge in [-0.05, 0) is 38.1 Å². The standard InChI is InChI=1S/C11H21NO2/c1-4-7-12-11(3,8-9(13)14)10(2)5-6-10/h12H,4-8H2,1-3H3,(H,13,14). The molecule has 3 heteroatoms. The van der Waals surface area contributed by atoms with Crippen molar-refractivity contribution in [1.82, 2.24) is 5.32 Å². The van der Waals surface area contributed by atoms with Crippen LogP contribution in [0.5, 0.6) is 0 Å². The highest BCUT2D eigenvalue weighted by Gasteiger charge is 2.53. The van der Waals surface area contributed by atoms with E-state index in [1.807, 2.05) is 6.92 Å². The van der Waals surface area contributed by atoms with Crippen LogP contribution in [0.4, 0.5) is 0 Å². The molecule has 0 amide bonds. The van der Waals surface area contributed by atoms with Crippen molar-refractivity contribution in [3.8, 4) is 0 Å². The first-order chi connectivity index (χ1) is 6.43. The number of carboxylic acids is 1. The lowest BCUT2D eigenvalue weighted by molar-refractivity contribution is -0.139. The number of hydrogen-bond acceptors (Lipinski definition) is 2. The van der Waals surface area contributed by atoms with E-state index in [1.54, 1.807) is 0 Å². The Morgan fingerprint density at radius 2 is 2.14 bits per heavy atom. The zero-order valence-corrected chi connectivity index (χ0v) is 9.39. The number of hydrogen-bond donors (Lipinski definition) is 2. The van der Waals surface area contributed by atoms with E-state index in [-0.39, 0.29) is 17.4 Å². The molecular formula is C11H21NO2. The Kier molecular flexibility index (Phi) is 3.20. The smallest absolute Gasteiger partial charge is 0.305 e. The molecule has 0 aromatic carbocycles. The minimum Gasteiger partial charge on any atom is -0.481 e. The van der Waals surface area contributed by atoms with Crippen LogP contribution in [0.3, 0.4) is 0 Å². The summed E-state index contributed by atoms with van der Waals surface area (Å²) in [6.07, 6.45) is 3.57. The Balaban J connectivity index is 2.63. The first kappa shape index (κ1) is 11.5. The Bertz CT molecular complexity index is 223. The highest BCUT2D eigenvalue weighted by atomic mass is 16.4. The van der Waals surface area contributed by atoms with Crippen molar-refractivity contribution in [2.24, 2.45) is 5.41 Å². The van der Waals surface area contributed by atoms with Gasteiger partial charge in [0, 0.05) is 5.54 Å². The summed E-state index contributed by atoms with van der Waals surface area (Å²) in [6, 6.07) is 0. The van der Waals surface area contributed by atoms with Gasteiger partial charge in [-0.3, -0.25) is 4.79 Å². The molecule has 1 fully saturated rings. The summed E-state index contributed by atoms with van der Waals surface area (Å²) in [4.78, 5) is 10.8. The molecule has 0 heterocycles. The zero-order valence-electron chi connectivity index (χ0n) is 9.39. The molecule has 1 unspecified atom stereocenters. The van der Waals surface area contributed by atoms with Gasteiger partial charge in [0.25, 0.3) is 0 Å². The monoisotopic (exact) mass is 199 g/mol. The van der Waals surface area contributed by atoms with Gasteiger partial charge in [0.15, 0.2) is 0 Å². The van der Waals surface area contributed by atoms with Gasteiger partial charge >= 0.3 is 5.97 Å². The highest BCUT2D eigenvalue weighted by molar-refractivity contribution is 5.68. The minimum absolute atomic E-state index is 0.195. The third-order valence-electron chi connectivity index (χ3n) is 3.60. The van der Waals surface area contributed by atoms with Crippen LogP contribution in [0.2, 0.25) is 0 Å². The second kappa shape index (κ2) is 3.89. The van der Waals surface area contributed by atoms with Crippen molar-refractivity contribution in [1.29, 1.82) is 0 Å². The lowest BCUT2D eigenvalue weighted by Crippen LogP contribution is -2.50. The summed E-state index contributed by atoms with van der Waals surface area (Å²) in [7, 11) is 0. The molecule has 1 saturated carbocycles. The molecule has 1 aliphatic carbocycles. The fraction of sp³-hybridized carbons (Fsp3) is 0.909. The van der Waals surface area contributed by atoms with Gasteiger partial charge in [0.05, 0.1) is 6.42 Å². The van der Waals surface area contributed by atoms with E-state index in [9.17, 15) is 4.79 Å². The summed E-state index contributed by atoms with van der Waals surface area (Å²) < 4.78 is 0. The summed E-state index contributed by atoms with van der Waals surface area (Å²) in [5.74, 6) is -0.704. The number of carbonyl (C=O) groups is 1. The van der Waals surface area contributed by atoms with Crippen molar-refractivity contribution < 1.29 is 9.90 Å². The third-order valence-corrected chi connectivity index (χ3v) is 3.60. The summed E-state index contributed by atoms with van der Waals surface area (Å²) in [5, 5.41) is 12.3. The summed E-state index contributed by atoms with van der Waals surface area (Å²) in [5.41, 5.74) is -0.0323. The predicted molar refractivity (Wildman–Crippen MR) is 56.3 cm³/mol.